The van der Waals surface area contributed by atoms with Gasteiger partial charge in [-0.25, -0.2) is 22.9 Å². The molecule has 0 saturated heterocycles. The van der Waals surface area contributed by atoms with E-state index in [-0.39, 0.29) is 9.77 Å². The standard InChI is InChI=1S/C22H22FN5O3S2/c1-28-9-7-18-13(12-28)10-19(32-18)33(30,31)27-22(29)26-20-15-4-2-6-17(15)25-11-16(20)14-5-3-8-24-21(14)23/h3,5,8,10-11H,2,4,6-7,9,12H2,1H3,(H2,25,26,27,29). The molecule has 3 aromatic heterocycles. The van der Waals surface area contributed by atoms with E-state index in [1.165, 1.54) is 23.7 Å². The molecule has 11 heteroatoms. The van der Waals surface area contributed by atoms with Crippen LogP contribution in [0.25, 0.3) is 11.1 Å². The number of fused-ring (bicyclic) bond motifs is 2. The molecule has 0 fully saturated rings. The summed E-state index contributed by atoms with van der Waals surface area (Å²) in [7, 11) is -2.07. The van der Waals surface area contributed by atoms with Gasteiger partial charge in [0.1, 0.15) is 4.21 Å². The fourth-order valence-corrected chi connectivity index (χ4v) is 6.78. The van der Waals surface area contributed by atoms with Crippen LogP contribution in [0, 0.1) is 5.95 Å². The molecule has 3 aromatic rings. The number of hydrogen-bond donors (Lipinski definition) is 2. The lowest BCUT2D eigenvalue weighted by Crippen LogP contribution is -2.34. The number of aryl methyl sites for hydroxylation is 1. The minimum Gasteiger partial charge on any atom is -0.306 e. The maximum absolute atomic E-state index is 14.4. The minimum absolute atomic E-state index is 0.108. The normalized spacial score (nSPS) is 15.7. The molecule has 0 spiro atoms. The number of likely N-dealkylation sites (N-methyl/N-ethyl adjacent to an activating group) is 1. The molecule has 2 amide bonds. The first-order valence-corrected chi connectivity index (χ1v) is 12.9. The first-order valence-electron chi connectivity index (χ1n) is 10.6. The van der Waals surface area contributed by atoms with Gasteiger partial charge in [0.25, 0.3) is 10.0 Å². The Labute approximate surface area is 194 Å². The lowest BCUT2D eigenvalue weighted by Gasteiger charge is -2.21. The summed E-state index contributed by atoms with van der Waals surface area (Å²) in [4.78, 5) is 24.1. The summed E-state index contributed by atoms with van der Waals surface area (Å²) in [6.45, 7) is 1.54. The summed E-state index contributed by atoms with van der Waals surface area (Å²) in [6.07, 6.45) is 5.87. The van der Waals surface area contributed by atoms with Crippen LogP contribution in [-0.4, -0.2) is 42.9 Å². The van der Waals surface area contributed by atoms with E-state index < -0.39 is 22.0 Å². The number of aromatic nitrogens is 2. The number of nitrogens with zero attached hydrogens (tertiary/aromatic N) is 3. The third kappa shape index (κ3) is 4.23. The number of amides is 2. The molecule has 1 aliphatic carbocycles. The fraction of sp³-hybridized carbons (Fsp3) is 0.318. The Bertz CT molecular complexity index is 1360. The molecular formula is C22H22FN5O3S2. The Morgan fingerprint density at radius 1 is 1.21 bits per heavy atom. The summed E-state index contributed by atoms with van der Waals surface area (Å²) >= 11 is 1.19. The van der Waals surface area contributed by atoms with Crippen molar-refractivity contribution < 1.29 is 17.6 Å². The van der Waals surface area contributed by atoms with Gasteiger partial charge in [0, 0.05) is 47.2 Å². The van der Waals surface area contributed by atoms with Gasteiger partial charge < -0.3 is 10.2 Å². The smallest absolute Gasteiger partial charge is 0.306 e. The van der Waals surface area contributed by atoms with Crippen LogP contribution in [-0.2, 0) is 35.8 Å². The van der Waals surface area contributed by atoms with Gasteiger partial charge in [-0.15, -0.1) is 11.3 Å². The molecule has 172 valence electrons. The number of nitrogens with one attached hydrogen (secondary N) is 2. The van der Waals surface area contributed by atoms with Gasteiger partial charge in [0.05, 0.1) is 5.69 Å². The minimum atomic E-state index is -4.05. The molecule has 2 N–H and O–H groups in total. The topological polar surface area (TPSA) is 104 Å². The first-order chi connectivity index (χ1) is 15.8. The molecule has 1 aliphatic heterocycles. The van der Waals surface area contributed by atoms with Crippen molar-refractivity contribution in [3.63, 3.8) is 0 Å². The lowest BCUT2D eigenvalue weighted by atomic mass is 10.0. The molecule has 2 aliphatic rings. The van der Waals surface area contributed by atoms with Crippen LogP contribution in [0.15, 0.2) is 34.8 Å². The van der Waals surface area contributed by atoms with Crippen LogP contribution in [0.2, 0.25) is 0 Å². The van der Waals surface area contributed by atoms with E-state index in [0.29, 0.717) is 24.2 Å². The van der Waals surface area contributed by atoms with Crippen molar-refractivity contribution in [3.8, 4) is 11.1 Å². The van der Waals surface area contributed by atoms with Crippen molar-refractivity contribution in [1.29, 1.82) is 0 Å². The molecule has 8 nitrogen and oxygen atoms in total. The van der Waals surface area contributed by atoms with Gasteiger partial charge in [0.15, 0.2) is 0 Å². The monoisotopic (exact) mass is 487 g/mol. The van der Waals surface area contributed by atoms with Gasteiger partial charge in [-0.2, -0.15) is 4.39 Å². The summed E-state index contributed by atoms with van der Waals surface area (Å²) in [5.74, 6) is -0.692. The van der Waals surface area contributed by atoms with Crippen molar-refractivity contribution in [1.82, 2.24) is 19.6 Å². The first kappa shape index (κ1) is 21.9. The fourth-order valence-electron chi connectivity index (χ4n) is 4.33. The molecule has 0 aromatic carbocycles. The zero-order valence-electron chi connectivity index (χ0n) is 17.9. The Morgan fingerprint density at radius 2 is 2.06 bits per heavy atom. The number of anilines is 1. The van der Waals surface area contributed by atoms with Crippen LogP contribution in [0.1, 0.15) is 28.1 Å². The Morgan fingerprint density at radius 3 is 2.88 bits per heavy atom. The van der Waals surface area contributed by atoms with Crippen LogP contribution in [0.3, 0.4) is 0 Å². The third-order valence-corrected chi connectivity index (χ3v) is 8.97. The second kappa shape index (κ2) is 8.47. The molecule has 33 heavy (non-hydrogen) atoms. The molecule has 0 radical (unpaired) electrons. The number of carbonyl (C=O) groups is 1. The van der Waals surface area contributed by atoms with Crippen molar-refractivity contribution in [2.45, 2.75) is 36.4 Å². The SMILES string of the molecule is CN1CCc2sc(S(=O)(=O)NC(=O)Nc3c(-c4cccnc4F)cnc4c3CCC4)cc2C1. The number of thiophene rings is 1. The molecule has 4 heterocycles. The van der Waals surface area contributed by atoms with Crippen LogP contribution in [0.4, 0.5) is 14.9 Å². The molecule has 0 bridgehead atoms. The van der Waals surface area contributed by atoms with Gasteiger partial charge >= 0.3 is 6.03 Å². The average molecular weight is 488 g/mol. The van der Waals surface area contributed by atoms with Crippen LogP contribution < -0.4 is 10.0 Å². The predicted molar refractivity (Wildman–Crippen MR) is 123 cm³/mol. The highest BCUT2D eigenvalue weighted by Crippen LogP contribution is 2.37. The molecule has 0 saturated carbocycles. The van der Waals surface area contributed by atoms with E-state index in [0.717, 1.165) is 47.5 Å². The predicted octanol–water partition coefficient (Wildman–Crippen LogP) is 3.33. The average Bonchev–Trinajstić information content (AvgIpc) is 3.41. The number of pyridine rings is 2. The van der Waals surface area contributed by atoms with Gasteiger partial charge in [-0.1, -0.05) is 0 Å². The quantitative estimate of drug-likeness (QED) is 0.547. The van der Waals surface area contributed by atoms with Crippen molar-refractivity contribution in [2.75, 3.05) is 18.9 Å². The summed E-state index contributed by atoms with van der Waals surface area (Å²) in [5.41, 5.74) is 3.49. The second-order valence-corrected chi connectivity index (χ2v) is 11.3. The number of hydrogen-bond acceptors (Lipinski definition) is 7. The Kier molecular flexibility index (Phi) is 5.63. The number of carbonyl (C=O) groups excluding carboxylic acids is 1. The highest BCUT2D eigenvalue weighted by molar-refractivity contribution is 7.92. The molecule has 0 atom stereocenters. The van der Waals surface area contributed by atoms with E-state index in [1.54, 1.807) is 18.2 Å². The highest BCUT2D eigenvalue weighted by atomic mass is 32.2. The maximum Gasteiger partial charge on any atom is 0.333 e. The van der Waals surface area contributed by atoms with E-state index in [2.05, 4.69) is 24.9 Å². The van der Waals surface area contributed by atoms with E-state index >= 15 is 0 Å². The zero-order chi connectivity index (χ0) is 23.2. The largest absolute Gasteiger partial charge is 0.333 e. The maximum atomic E-state index is 14.4. The van der Waals surface area contributed by atoms with E-state index in [9.17, 15) is 17.6 Å². The number of rotatable bonds is 4. The number of halogens is 1. The summed E-state index contributed by atoms with van der Waals surface area (Å²) in [6, 6.07) is 3.87. The second-order valence-electron chi connectivity index (χ2n) is 8.23. The Hall–Kier alpha value is -2.89. The summed E-state index contributed by atoms with van der Waals surface area (Å²) in [5, 5.41) is 2.66. The molecule has 0 unspecified atom stereocenters. The number of urea groups is 1. The van der Waals surface area contributed by atoms with Crippen LogP contribution in [0.5, 0.6) is 0 Å². The molecule has 5 rings (SSSR count). The van der Waals surface area contributed by atoms with Crippen molar-refractivity contribution in [2.24, 2.45) is 0 Å². The zero-order valence-corrected chi connectivity index (χ0v) is 19.5. The van der Waals surface area contributed by atoms with E-state index in [1.807, 2.05) is 7.05 Å². The summed E-state index contributed by atoms with van der Waals surface area (Å²) < 4.78 is 42.5. The van der Waals surface area contributed by atoms with E-state index in [4.69, 9.17) is 0 Å². The third-order valence-electron chi connectivity index (χ3n) is 5.92. The molecular weight excluding hydrogens is 465 g/mol. The van der Waals surface area contributed by atoms with Gasteiger partial charge in [0.2, 0.25) is 5.95 Å². The van der Waals surface area contributed by atoms with Gasteiger partial charge in [-0.3, -0.25) is 4.98 Å². The number of sulfonamides is 1. The van der Waals surface area contributed by atoms with Gasteiger partial charge in [-0.05, 0) is 62.1 Å². The van der Waals surface area contributed by atoms with Crippen molar-refractivity contribution in [3.05, 3.63) is 58.2 Å². The van der Waals surface area contributed by atoms with Crippen molar-refractivity contribution >= 4 is 33.1 Å². The lowest BCUT2D eigenvalue weighted by molar-refractivity contribution is 0.256. The Balaban J connectivity index is 1.44. The van der Waals surface area contributed by atoms with Crippen LogP contribution >= 0.6 is 11.3 Å². The highest BCUT2D eigenvalue weighted by Gasteiger charge is 2.27.